The average Bonchev–Trinajstić information content (AvgIpc) is 2.47. The van der Waals surface area contributed by atoms with Crippen molar-refractivity contribution in [3.63, 3.8) is 0 Å². The number of nitrogens with two attached hydrogens (primary N) is 1. The van der Waals surface area contributed by atoms with Crippen LogP contribution in [-0.4, -0.2) is 6.04 Å². The van der Waals surface area contributed by atoms with E-state index in [1.54, 1.807) is 12.8 Å². The van der Waals surface area contributed by atoms with Crippen LogP contribution in [0.25, 0.3) is 0 Å². The monoisotopic (exact) mass is 161 g/mol. The molecular weight excluding hydrogens is 146 g/mol. The molecule has 1 nitrogen and oxygen atoms in total. The van der Waals surface area contributed by atoms with Crippen molar-refractivity contribution in [3.05, 3.63) is 0 Å². The highest BCUT2D eigenvalue weighted by Gasteiger charge is 2.79. The van der Waals surface area contributed by atoms with E-state index in [0.29, 0.717) is 6.04 Å². The van der Waals surface area contributed by atoms with Crippen LogP contribution in [0, 0.1) is 47.3 Å². The lowest BCUT2D eigenvalue weighted by Gasteiger charge is -2.47. The molecule has 0 saturated heterocycles. The molecule has 0 aromatic heterocycles. The van der Waals surface area contributed by atoms with Crippen LogP contribution in [0.2, 0.25) is 0 Å². The van der Waals surface area contributed by atoms with E-state index in [0.717, 1.165) is 35.5 Å². The molecule has 5 aliphatic rings. The Bertz CT molecular complexity index is 277. The molecule has 5 fully saturated rings. The minimum atomic E-state index is 0.646. The summed E-state index contributed by atoms with van der Waals surface area (Å²) in [6, 6.07) is 0.646. The molecule has 5 aliphatic carbocycles. The molecule has 0 radical (unpaired) electrons. The van der Waals surface area contributed by atoms with E-state index in [9.17, 15) is 0 Å². The quantitative estimate of drug-likeness (QED) is 0.565. The summed E-state index contributed by atoms with van der Waals surface area (Å²) in [7, 11) is 0. The summed E-state index contributed by atoms with van der Waals surface area (Å²) in [6.07, 6.45) is 3.18. The zero-order valence-electron chi connectivity index (χ0n) is 7.19. The van der Waals surface area contributed by atoms with Gasteiger partial charge in [-0.1, -0.05) is 0 Å². The van der Waals surface area contributed by atoms with Crippen LogP contribution in [0.1, 0.15) is 12.8 Å². The highest BCUT2D eigenvalue weighted by atomic mass is 14.9. The predicted molar refractivity (Wildman–Crippen MR) is 45.1 cm³/mol. The van der Waals surface area contributed by atoms with Crippen molar-refractivity contribution in [1.82, 2.24) is 0 Å². The van der Waals surface area contributed by atoms with Crippen LogP contribution in [0.3, 0.4) is 0 Å². The first-order chi connectivity index (χ1) is 5.88. The summed E-state index contributed by atoms with van der Waals surface area (Å²) in [5.74, 6) is 8.84. The normalized spacial score (nSPS) is 85.2. The molecule has 5 saturated carbocycles. The van der Waals surface area contributed by atoms with Crippen LogP contribution in [0.4, 0.5) is 0 Å². The summed E-state index contributed by atoms with van der Waals surface area (Å²) in [6.45, 7) is 0. The number of hydrogen-bond acceptors (Lipinski definition) is 1. The molecule has 9 atom stereocenters. The summed E-state index contributed by atoms with van der Waals surface area (Å²) in [5.41, 5.74) is 6.34. The van der Waals surface area contributed by atoms with Gasteiger partial charge < -0.3 is 5.73 Å². The van der Waals surface area contributed by atoms with Crippen molar-refractivity contribution >= 4 is 0 Å². The van der Waals surface area contributed by atoms with E-state index >= 15 is 0 Å². The fourth-order valence-electron chi connectivity index (χ4n) is 6.55. The zero-order chi connectivity index (χ0) is 7.61. The van der Waals surface area contributed by atoms with Crippen molar-refractivity contribution in [3.8, 4) is 0 Å². The fraction of sp³-hybridized carbons (Fsp3) is 1.00. The first kappa shape index (κ1) is 5.64. The Balaban J connectivity index is 1.86. The second kappa shape index (κ2) is 1.30. The van der Waals surface area contributed by atoms with E-state index in [-0.39, 0.29) is 0 Å². The topological polar surface area (TPSA) is 26.0 Å². The maximum Gasteiger partial charge on any atom is 0.0107 e. The van der Waals surface area contributed by atoms with Gasteiger partial charge in [0.1, 0.15) is 0 Å². The Morgan fingerprint density at radius 1 is 0.667 bits per heavy atom. The minimum absolute atomic E-state index is 0.646. The van der Waals surface area contributed by atoms with Crippen LogP contribution < -0.4 is 5.73 Å². The first-order valence-electron chi connectivity index (χ1n) is 5.63. The molecule has 0 aromatic carbocycles. The number of rotatable bonds is 0. The SMILES string of the molecule is N[C@H]1[C@@H]2[C@H]3C[C@@H]4[C@H]5[C@@H]3C[C@@H]2[C@@H]5[C@@H]14. The molecule has 0 aliphatic heterocycles. The Hall–Kier alpha value is -0.0400. The second-order valence-electron chi connectivity index (χ2n) is 6.01. The molecule has 0 unspecified atom stereocenters. The van der Waals surface area contributed by atoms with Gasteiger partial charge >= 0.3 is 0 Å². The average molecular weight is 161 g/mol. The largest absolute Gasteiger partial charge is 0.327 e. The van der Waals surface area contributed by atoms with Gasteiger partial charge in [-0.05, 0) is 60.2 Å². The summed E-state index contributed by atoms with van der Waals surface area (Å²) < 4.78 is 0. The second-order valence-corrected chi connectivity index (χ2v) is 6.01. The summed E-state index contributed by atoms with van der Waals surface area (Å²) in [5, 5.41) is 0. The maximum atomic E-state index is 6.34. The van der Waals surface area contributed by atoms with E-state index in [1.807, 2.05) is 0 Å². The Kier molecular flexibility index (Phi) is 0.609. The Morgan fingerprint density at radius 3 is 2.17 bits per heavy atom. The molecule has 0 heterocycles. The van der Waals surface area contributed by atoms with Crippen molar-refractivity contribution < 1.29 is 0 Å². The maximum absolute atomic E-state index is 6.34. The van der Waals surface area contributed by atoms with E-state index in [2.05, 4.69) is 0 Å². The molecule has 64 valence electrons. The van der Waals surface area contributed by atoms with Gasteiger partial charge in [-0.3, -0.25) is 0 Å². The molecule has 2 N–H and O–H groups in total. The van der Waals surface area contributed by atoms with Crippen molar-refractivity contribution in [2.24, 2.45) is 53.1 Å². The van der Waals surface area contributed by atoms with Gasteiger partial charge in [0.2, 0.25) is 0 Å². The molecule has 0 amide bonds. The van der Waals surface area contributed by atoms with Crippen LogP contribution >= 0.6 is 0 Å². The summed E-state index contributed by atoms with van der Waals surface area (Å²) >= 11 is 0. The van der Waals surface area contributed by atoms with Crippen LogP contribution in [0.15, 0.2) is 0 Å². The van der Waals surface area contributed by atoms with E-state index in [1.165, 1.54) is 11.8 Å². The van der Waals surface area contributed by atoms with Crippen LogP contribution in [0.5, 0.6) is 0 Å². The first-order valence-corrected chi connectivity index (χ1v) is 5.63. The lowest BCUT2D eigenvalue weighted by atomic mass is 9.59. The van der Waals surface area contributed by atoms with Crippen molar-refractivity contribution in [2.75, 3.05) is 0 Å². The Morgan fingerprint density at radius 2 is 1.33 bits per heavy atom. The highest BCUT2D eigenvalue weighted by molar-refractivity contribution is 5.28. The molecule has 1 heteroatoms. The lowest BCUT2D eigenvalue weighted by molar-refractivity contribution is 0.0167. The summed E-state index contributed by atoms with van der Waals surface area (Å²) in [4.78, 5) is 0. The zero-order valence-corrected chi connectivity index (χ0v) is 7.19. The molecule has 2 bridgehead atoms. The third-order valence-electron chi connectivity index (χ3n) is 6.38. The molecule has 0 aromatic rings. The smallest absolute Gasteiger partial charge is 0.0107 e. The van der Waals surface area contributed by atoms with Gasteiger partial charge in [-0.15, -0.1) is 0 Å². The molecule has 0 spiro atoms. The van der Waals surface area contributed by atoms with Gasteiger partial charge in [0.15, 0.2) is 0 Å². The molecular formula is C11H15N. The van der Waals surface area contributed by atoms with Crippen molar-refractivity contribution in [2.45, 2.75) is 18.9 Å². The predicted octanol–water partition coefficient (Wildman–Crippen LogP) is 1.09. The standard InChI is InChI=1S/C11H15N/c12-11-8-4-2-5-7-3(4)1-6(8)9(7)10(5)11/h3-11H,1-2,12H2/t3-,4+,5-,6+,7-,8-,9+,10+,11+/m1/s1. The van der Waals surface area contributed by atoms with E-state index < -0.39 is 0 Å². The lowest BCUT2D eigenvalue weighted by Crippen LogP contribution is -2.49. The Labute approximate surface area is 72.7 Å². The number of hydrogen-bond donors (Lipinski definition) is 1. The van der Waals surface area contributed by atoms with Gasteiger partial charge in [0.25, 0.3) is 0 Å². The minimum Gasteiger partial charge on any atom is -0.327 e. The third kappa shape index (κ3) is 0.296. The molecule has 12 heavy (non-hydrogen) atoms. The van der Waals surface area contributed by atoms with Crippen molar-refractivity contribution in [1.29, 1.82) is 0 Å². The molecule has 5 rings (SSSR count). The third-order valence-corrected chi connectivity index (χ3v) is 6.38. The highest BCUT2D eigenvalue weighted by Crippen LogP contribution is 2.82. The van der Waals surface area contributed by atoms with Gasteiger partial charge in [0, 0.05) is 6.04 Å². The van der Waals surface area contributed by atoms with E-state index in [4.69, 9.17) is 5.73 Å². The number of fused-ring (bicyclic) bond motifs is 2. The van der Waals surface area contributed by atoms with Gasteiger partial charge in [-0.25, -0.2) is 0 Å². The van der Waals surface area contributed by atoms with Crippen LogP contribution in [-0.2, 0) is 0 Å². The van der Waals surface area contributed by atoms with Gasteiger partial charge in [0.05, 0.1) is 0 Å². The van der Waals surface area contributed by atoms with Gasteiger partial charge in [-0.2, -0.15) is 0 Å². The fourth-order valence-corrected chi connectivity index (χ4v) is 6.55.